The molecule has 4 nitrogen and oxygen atoms in total. The molecule has 0 unspecified atom stereocenters. The molecule has 4 heteroatoms. The SMILES string of the molecule is CCCOCOc1cc(C(C)=O)cc(C(C)=O)c1. The molecule has 1 aromatic rings. The van der Waals surface area contributed by atoms with Gasteiger partial charge in [0.05, 0.1) is 6.61 Å². The van der Waals surface area contributed by atoms with Gasteiger partial charge in [-0.15, -0.1) is 0 Å². The Bertz CT molecular complexity index is 405. The fourth-order valence-electron chi connectivity index (χ4n) is 1.40. The molecule has 0 bridgehead atoms. The second-order valence-electron chi connectivity index (χ2n) is 4.03. The van der Waals surface area contributed by atoms with E-state index in [2.05, 4.69) is 0 Å². The molecule has 0 saturated heterocycles. The van der Waals surface area contributed by atoms with Crippen molar-refractivity contribution < 1.29 is 19.1 Å². The molecular weight excluding hydrogens is 232 g/mol. The van der Waals surface area contributed by atoms with Crippen molar-refractivity contribution in [1.29, 1.82) is 0 Å². The number of benzene rings is 1. The Morgan fingerprint density at radius 1 is 1.06 bits per heavy atom. The van der Waals surface area contributed by atoms with Crippen molar-refractivity contribution in [3.05, 3.63) is 29.3 Å². The van der Waals surface area contributed by atoms with E-state index >= 15 is 0 Å². The summed E-state index contributed by atoms with van der Waals surface area (Å²) >= 11 is 0. The number of ether oxygens (including phenoxy) is 2. The number of hydrogen-bond donors (Lipinski definition) is 0. The summed E-state index contributed by atoms with van der Waals surface area (Å²) in [6.45, 7) is 5.65. The highest BCUT2D eigenvalue weighted by atomic mass is 16.7. The Hall–Kier alpha value is -1.68. The lowest BCUT2D eigenvalue weighted by atomic mass is 10.1. The van der Waals surface area contributed by atoms with Gasteiger partial charge >= 0.3 is 0 Å². The molecule has 1 aromatic carbocycles. The quantitative estimate of drug-likeness (QED) is 0.424. The van der Waals surface area contributed by atoms with Crippen LogP contribution in [-0.4, -0.2) is 25.0 Å². The summed E-state index contributed by atoms with van der Waals surface area (Å²) in [6, 6.07) is 4.80. The number of rotatable bonds is 7. The van der Waals surface area contributed by atoms with E-state index in [1.165, 1.54) is 13.8 Å². The minimum Gasteiger partial charge on any atom is -0.468 e. The van der Waals surface area contributed by atoms with Crippen LogP contribution in [0.5, 0.6) is 5.75 Å². The van der Waals surface area contributed by atoms with E-state index < -0.39 is 0 Å². The zero-order valence-corrected chi connectivity index (χ0v) is 11.0. The third-order valence-corrected chi connectivity index (χ3v) is 2.38. The van der Waals surface area contributed by atoms with Crippen LogP contribution in [0.25, 0.3) is 0 Å². The molecule has 0 aliphatic heterocycles. The van der Waals surface area contributed by atoms with Gasteiger partial charge < -0.3 is 9.47 Å². The Kier molecular flexibility index (Phi) is 5.52. The van der Waals surface area contributed by atoms with Gasteiger partial charge in [-0.25, -0.2) is 0 Å². The van der Waals surface area contributed by atoms with Crippen molar-refractivity contribution in [3.8, 4) is 5.75 Å². The molecule has 18 heavy (non-hydrogen) atoms. The normalized spacial score (nSPS) is 10.2. The number of carbonyl (C=O) groups excluding carboxylic acids is 2. The molecule has 0 saturated carbocycles. The summed E-state index contributed by atoms with van der Waals surface area (Å²) in [5, 5.41) is 0. The van der Waals surface area contributed by atoms with E-state index in [0.717, 1.165) is 6.42 Å². The van der Waals surface area contributed by atoms with Crippen molar-refractivity contribution in [2.45, 2.75) is 27.2 Å². The Morgan fingerprint density at radius 3 is 2.06 bits per heavy atom. The first-order valence-corrected chi connectivity index (χ1v) is 5.92. The fourth-order valence-corrected chi connectivity index (χ4v) is 1.40. The van der Waals surface area contributed by atoms with Gasteiger partial charge in [0, 0.05) is 11.1 Å². The summed E-state index contributed by atoms with van der Waals surface area (Å²) in [4.78, 5) is 22.7. The highest BCUT2D eigenvalue weighted by Gasteiger charge is 2.08. The minimum absolute atomic E-state index is 0.0996. The van der Waals surface area contributed by atoms with Gasteiger partial charge in [0.15, 0.2) is 18.4 Å². The number of carbonyl (C=O) groups is 2. The van der Waals surface area contributed by atoms with E-state index in [4.69, 9.17) is 9.47 Å². The third kappa shape index (κ3) is 4.30. The molecule has 0 atom stereocenters. The molecule has 0 N–H and O–H groups in total. The second kappa shape index (κ2) is 6.91. The lowest BCUT2D eigenvalue weighted by molar-refractivity contribution is 0.0156. The third-order valence-electron chi connectivity index (χ3n) is 2.38. The van der Waals surface area contributed by atoms with E-state index in [1.54, 1.807) is 18.2 Å². The van der Waals surface area contributed by atoms with Gasteiger partial charge in [0.2, 0.25) is 0 Å². The standard InChI is InChI=1S/C14H18O4/c1-4-5-17-9-18-14-7-12(10(2)15)6-13(8-14)11(3)16/h6-8H,4-5,9H2,1-3H3. The van der Waals surface area contributed by atoms with Crippen LogP contribution in [0.1, 0.15) is 47.9 Å². The van der Waals surface area contributed by atoms with E-state index in [9.17, 15) is 9.59 Å². The Morgan fingerprint density at radius 2 is 1.61 bits per heavy atom. The monoisotopic (exact) mass is 250 g/mol. The smallest absolute Gasteiger partial charge is 0.189 e. The first-order valence-electron chi connectivity index (χ1n) is 5.92. The molecule has 0 aliphatic carbocycles. The average Bonchev–Trinajstić information content (AvgIpc) is 2.34. The van der Waals surface area contributed by atoms with Gasteiger partial charge in [-0.1, -0.05) is 6.92 Å². The summed E-state index contributed by atoms with van der Waals surface area (Å²) in [5.74, 6) is 0.277. The minimum atomic E-state index is -0.0996. The molecule has 1 rings (SSSR count). The highest BCUT2D eigenvalue weighted by Crippen LogP contribution is 2.18. The largest absolute Gasteiger partial charge is 0.468 e. The lowest BCUT2D eigenvalue weighted by Crippen LogP contribution is -2.06. The van der Waals surface area contributed by atoms with Crippen LogP contribution in [-0.2, 0) is 4.74 Å². The first-order chi connectivity index (χ1) is 8.54. The van der Waals surface area contributed by atoms with E-state index in [0.29, 0.717) is 23.5 Å². The molecular formula is C14H18O4. The van der Waals surface area contributed by atoms with Gasteiger partial charge in [0.25, 0.3) is 0 Å². The summed E-state index contributed by atoms with van der Waals surface area (Å²) < 4.78 is 10.6. The molecule has 98 valence electrons. The molecule has 0 fully saturated rings. The Balaban J connectivity index is 2.83. The molecule has 0 spiro atoms. The molecule has 0 amide bonds. The maximum Gasteiger partial charge on any atom is 0.189 e. The van der Waals surface area contributed by atoms with Gasteiger partial charge in [-0.3, -0.25) is 9.59 Å². The zero-order valence-electron chi connectivity index (χ0n) is 11.0. The van der Waals surface area contributed by atoms with Crippen LogP contribution >= 0.6 is 0 Å². The lowest BCUT2D eigenvalue weighted by Gasteiger charge is -2.09. The van der Waals surface area contributed by atoms with Crippen LogP contribution in [0, 0.1) is 0 Å². The van der Waals surface area contributed by atoms with Crippen molar-refractivity contribution in [2.75, 3.05) is 13.4 Å². The van der Waals surface area contributed by atoms with E-state index in [-0.39, 0.29) is 18.4 Å². The number of hydrogen-bond acceptors (Lipinski definition) is 4. The van der Waals surface area contributed by atoms with E-state index in [1.807, 2.05) is 6.92 Å². The summed E-state index contributed by atoms with van der Waals surface area (Å²) in [7, 11) is 0. The van der Waals surface area contributed by atoms with Gasteiger partial charge in [0.1, 0.15) is 5.75 Å². The molecule has 0 aliphatic rings. The van der Waals surface area contributed by atoms with Crippen molar-refractivity contribution in [1.82, 2.24) is 0 Å². The van der Waals surface area contributed by atoms with Crippen molar-refractivity contribution in [2.24, 2.45) is 0 Å². The average molecular weight is 250 g/mol. The second-order valence-corrected chi connectivity index (χ2v) is 4.03. The predicted molar refractivity (Wildman–Crippen MR) is 68.2 cm³/mol. The summed E-state index contributed by atoms with van der Waals surface area (Å²) in [6.07, 6.45) is 0.912. The first kappa shape index (κ1) is 14.4. The topological polar surface area (TPSA) is 52.6 Å². The van der Waals surface area contributed by atoms with Crippen LogP contribution in [0.2, 0.25) is 0 Å². The molecule has 0 radical (unpaired) electrons. The maximum absolute atomic E-state index is 11.4. The van der Waals surface area contributed by atoms with Gasteiger partial charge in [-0.05, 0) is 38.5 Å². The number of Topliss-reactive ketones (excluding diaryl/α,β-unsaturated/α-hetero) is 2. The maximum atomic E-state index is 11.4. The van der Waals surface area contributed by atoms with Crippen LogP contribution in [0.4, 0.5) is 0 Å². The highest BCUT2D eigenvalue weighted by molar-refractivity contribution is 6.00. The van der Waals surface area contributed by atoms with Crippen LogP contribution in [0.3, 0.4) is 0 Å². The number of ketones is 2. The zero-order chi connectivity index (χ0) is 13.5. The molecule has 0 heterocycles. The summed E-state index contributed by atoms with van der Waals surface area (Å²) in [5.41, 5.74) is 0.932. The Labute approximate surface area is 107 Å². The predicted octanol–water partition coefficient (Wildman–Crippen LogP) is 2.85. The van der Waals surface area contributed by atoms with Crippen molar-refractivity contribution in [3.63, 3.8) is 0 Å². The van der Waals surface area contributed by atoms with Crippen LogP contribution < -0.4 is 4.74 Å². The molecule has 0 aromatic heterocycles. The van der Waals surface area contributed by atoms with Crippen LogP contribution in [0.15, 0.2) is 18.2 Å². The van der Waals surface area contributed by atoms with Crippen molar-refractivity contribution >= 4 is 11.6 Å². The fraction of sp³-hybridized carbons (Fsp3) is 0.429. The van der Waals surface area contributed by atoms with Gasteiger partial charge in [-0.2, -0.15) is 0 Å².